The van der Waals surface area contributed by atoms with Crippen LogP contribution >= 0.6 is 58.2 Å². The van der Waals surface area contributed by atoms with E-state index in [-0.39, 0.29) is 5.22 Å². The summed E-state index contributed by atoms with van der Waals surface area (Å²) in [5, 5.41) is 2.57. The minimum absolute atomic E-state index is 0.286. The molecule has 25 heavy (non-hydrogen) atoms. The van der Waals surface area contributed by atoms with E-state index in [0.29, 0.717) is 21.7 Å². The van der Waals surface area contributed by atoms with Gasteiger partial charge in [-0.1, -0.05) is 58.5 Å². The summed E-state index contributed by atoms with van der Waals surface area (Å²) in [6.45, 7) is 0. The van der Waals surface area contributed by atoms with E-state index < -0.39 is 15.1 Å². The van der Waals surface area contributed by atoms with Crippen LogP contribution in [0.25, 0.3) is 11.1 Å². The fourth-order valence-electron chi connectivity index (χ4n) is 1.98. The molecule has 1 atom stereocenters. The molecule has 0 aliphatic heterocycles. The largest absolute Gasteiger partial charge is 0.431 e. The van der Waals surface area contributed by atoms with Gasteiger partial charge in [0.25, 0.3) is 11.1 Å². The third kappa shape index (κ3) is 4.74. The number of nitrogens with zero attached hydrogens (tertiary/aromatic N) is 1. The summed E-state index contributed by atoms with van der Waals surface area (Å²) in [7, 11) is 0. The molecular formula is C16H10Cl4N2O2S. The van der Waals surface area contributed by atoms with Crippen LogP contribution in [0.15, 0.2) is 58.2 Å². The van der Waals surface area contributed by atoms with Crippen molar-refractivity contribution in [1.82, 2.24) is 10.3 Å². The van der Waals surface area contributed by atoms with E-state index in [4.69, 9.17) is 50.8 Å². The Morgan fingerprint density at radius 3 is 2.44 bits per heavy atom. The van der Waals surface area contributed by atoms with Crippen LogP contribution in [0.3, 0.4) is 0 Å². The summed E-state index contributed by atoms with van der Waals surface area (Å²) < 4.78 is 3.83. The van der Waals surface area contributed by atoms with Crippen molar-refractivity contribution >= 4 is 75.2 Å². The number of thioether (sulfide) groups is 1. The van der Waals surface area contributed by atoms with Crippen molar-refractivity contribution in [2.75, 3.05) is 0 Å². The van der Waals surface area contributed by atoms with Gasteiger partial charge in [-0.2, -0.15) is 0 Å². The van der Waals surface area contributed by atoms with Crippen LogP contribution in [0.5, 0.6) is 0 Å². The summed E-state index contributed by atoms with van der Waals surface area (Å²) >= 11 is 24.9. The van der Waals surface area contributed by atoms with Crippen molar-refractivity contribution in [2.24, 2.45) is 0 Å². The highest BCUT2D eigenvalue weighted by Gasteiger charge is 2.36. The van der Waals surface area contributed by atoms with Crippen LogP contribution in [0, 0.1) is 0 Å². The van der Waals surface area contributed by atoms with Crippen LogP contribution in [0.2, 0.25) is 5.02 Å². The number of hydrogen-bond donors (Lipinski definition) is 1. The Balaban J connectivity index is 1.80. The first-order valence-corrected chi connectivity index (χ1v) is 9.37. The zero-order valence-electron chi connectivity index (χ0n) is 12.4. The van der Waals surface area contributed by atoms with Gasteiger partial charge < -0.3 is 9.73 Å². The molecule has 3 aromatic rings. The van der Waals surface area contributed by atoms with E-state index in [2.05, 4.69) is 10.3 Å². The van der Waals surface area contributed by atoms with Gasteiger partial charge in [0, 0.05) is 10.6 Å². The fraction of sp³-hybridized carbons (Fsp3) is 0.125. The molecule has 0 saturated carbocycles. The van der Waals surface area contributed by atoms with Crippen molar-refractivity contribution in [3.63, 3.8) is 0 Å². The molecule has 0 fully saturated rings. The Labute approximate surface area is 167 Å². The number of benzene rings is 2. The van der Waals surface area contributed by atoms with Crippen LogP contribution < -0.4 is 5.32 Å². The number of carbonyl (C=O) groups is 1. The van der Waals surface area contributed by atoms with Crippen LogP contribution in [-0.2, 0) is 0 Å². The Hall–Kier alpha value is -1.11. The number of hydrogen-bond acceptors (Lipinski definition) is 4. The molecule has 0 saturated heterocycles. The predicted molar refractivity (Wildman–Crippen MR) is 103 cm³/mol. The summed E-state index contributed by atoms with van der Waals surface area (Å²) in [6.07, 6.45) is 0. The fourth-order valence-corrected chi connectivity index (χ4v) is 3.46. The molecule has 0 aliphatic rings. The maximum absolute atomic E-state index is 12.4. The van der Waals surface area contributed by atoms with Crippen molar-refractivity contribution in [3.8, 4) is 0 Å². The summed E-state index contributed by atoms with van der Waals surface area (Å²) in [5.74, 6) is -0.406. The van der Waals surface area contributed by atoms with Gasteiger partial charge in [-0.05, 0) is 48.2 Å². The lowest BCUT2D eigenvalue weighted by molar-refractivity contribution is 0.0950. The monoisotopic (exact) mass is 434 g/mol. The molecule has 0 radical (unpaired) electrons. The average molecular weight is 436 g/mol. The molecule has 0 spiro atoms. The molecule has 0 aliphatic carbocycles. The molecule has 2 aromatic carbocycles. The van der Waals surface area contributed by atoms with E-state index in [9.17, 15) is 4.79 Å². The first kappa shape index (κ1) is 18.7. The lowest BCUT2D eigenvalue weighted by atomic mass is 10.2. The third-order valence-corrected chi connectivity index (χ3v) is 5.54. The van der Waals surface area contributed by atoms with Gasteiger partial charge in [0.2, 0.25) is 3.79 Å². The minimum Gasteiger partial charge on any atom is -0.431 e. The van der Waals surface area contributed by atoms with E-state index in [1.54, 1.807) is 36.4 Å². The highest BCUT2D eigenvalue weighted by molar-refractivity contribution is 8.00. The average Bonchev–Trinajstić information content (AvgIpc) is 2.96. The van der Waals surface area contributed by atoms with E-state index >= 15 is 0 Å². The summed E-state index contributed by atoms with van der Waals surface area (Å²) in [4.78, 5) is 16.7. The SMILES string of the molecule is O=C(N[C@@H](Sc1nc2ccccc2o1)C(Cl)(Cl)Cl)c1ccc(Cl)cc1. The topological polar surface area (TPSA) is 55.1 Å². The maximum atomic E-state index is 12.4. The van der Waals surface area contributed by atoms with Crippen molar-refractivity contribution in [2.45, 2.75) is 14.4 Å². The molecule has 1 heterocycles. The Morgan fingerprint density at radius 2 is 1.80 bits per heavy atom. The molecule has 1 aromatic heterocycles. The smallest absolute Gasteiger partial charge is 0.258 e. The first-order valence-electron chi connectivity index (χ1n) is 6.98. The minimum atomic E-state index is -1.77. The normalized spacial score (nSPS) is 13.0. The highest BCUT2D eigenvalue weighted by atomic mass is 35.6. The van der Waals surface area contributed by atoms with E-state index in [0.717, 1.165) is 11.8 Å². The molecular weight excluding hydrogens is 426 g/mol. The van der Waals surface area contributed by atoms with Gasteiger partial charge in [-0.15, -0.1) is 0 Å². The number of oxazole rings is 1. The molecule has 1 N–H and O–H groups in total. The number of amides is 1. The van der Waals surface area contributed by atoms with Crippen LogP contribution in [-0.4, -0.2) is 20.1 Å². The van der Waals surface area contributed by atoms with E-state index in [1.165, 1.54) is 0 Å². The molecule has 0 unspecified atom stereocenters. The molecule has 4 nitrogen and oxygen atoms in total. The third-order valence-electron chi connectivity index (χ3n) is 3.16. The van der Waals surface area contributed by atoms with Gasteiger partial charge >= 0.3 is 0 Å². The van der Waals surface area contributed by atoms with Gasteiger partial charge in [-0.3, -0.25) is 4.79 Å². The lowest BCUT2D eigenvalue weighted by Gasteiger charge is -2.23. The van der Waals surface area contributed by atoms with Gasteiger partial charge in [-0.25, -0.2) is 4.98 Å². The van der Waals surface area contributed by atoms with E-state index in [1.807, 2.05) is 12.1 Å². The zero-order valence-corrected chi connectivity index (χ0v) is 16.2. The number of carbonyl (C=O) groups excluding carboxylic acids is 1. The predicted octanol–water partition coefficient (Wildman–Crippen LogP) is 5.70. The maximum Gasteiger partial charge on any atom is 0.258 e. The summed E-state index contributed by atoms with van der Waals surface area (Å²) in [5.41, 5.74) is 1.68. The molecule has 130 valence electrons. The van der Waals surface area contributed by atoms with Crippen molar-refractivity contribution in [3.05, 3.63) is 59.1 Å². The van der Waals surface area contributed by atoms with Crippen LogP contribution in [0.1, 0.15) is 10.4 Å². The second-order valence-corrected chi connectivity index (χ2v) is 8.83. The van der Waals surface area contributed by atoms with Gasteiger partial charge in [0.1, 0.15) is 10.9 Å². The second-order valence-electron chi connectivity index (χ2n) is 4.97. The Bertz CT molecular complexity index is 860. The molecule has 3 rings (SSSR count). The van der Waals surface area contributed by atoms with Gasteiger partial charge in [0.15, 0.2) is 5.58 Å². The quantitative estimate of drug-likeness (QED) is 0.324. The number of halogens is 4. The lowest BCUT2D eigenvalue weighted by Crippen LogP contribution is -2.41. The highest BCUT2D eigenvalue weighted by Crippen LogP contribution is 2.39. The molecule has 1 amide bonds. The van der Waals surface area contributed by atoms with Crippen molar-refractivity contribution in [1.29, 1.82) is 0 Å². The number of nitrogens with one attached hydrogen (secondary N) is 1. The molecule has 9 heteroatoms. The number of rotatable bonds is 4. The second kappa shape index (κ2) is 7.64. The van der Waals surface area contributed by atoms with Gasteiger partial charge in [0.05, 0.1) is 0 Å². The number of alkyl halides is 3. The number of fused-ring (bicyclic) bond motifs is 1. The van der Waals surface area contributed by atoms with Crippen LogP contribution in [0.4, 0.5) is 0 Å². The molecule has 0 bridgehead atoms. The standard InChI is InChI=1S/C16H10Cl4N2O2S/c17-10-7-5-9(6-8-10)13(23)22-14(16(18,19)20)25-15-21-11-3-1-2-4-12(11)24-15/h1-8,14H,(H,22,23)/t14-/m0/s1. The number of aromatic nitrogens is 1. The Morgan fingerprint density at radius 1 is 1.12 bits per heavy atom. The Kier molecular flexibility index (Phi) is 5.71. The zero-order chi connectivity index (χ0) is 18.0. The number of para-hydroxylation sites is 2. The van der Waals surface area contributed by atoms with Crippen molar-refractivity contribution < 1.29 is 9.21 Å². The first-order chi connectivity index (χ1) is 11.8. The summed E-state index contributed by atoms with van der Waals surface area (Å²) in [6, 6.07) is 13.6.